The largest absolute Gasteiger partial charge is 0.484 e. The van der Waals surface area contributed by atoms with Crippen LogP contribution in [0.1, 0.15) is 30.7 Å². The van der Waals surface area contributed by atoms with Gasteiger partial charge >= 0.3 is 0 Å². The summed E-state index contributed by atoms with van der Waals surface area (Å²) in [7, 11) is 0. The number of amides is 1. The number of carbonyl (C=O) groups excluding carboxylic acids is 1. The van der Waals surface area contributed by atoms with Crippen molar-refractivity contribution >= 4 is 17.5 Å². The molecule has 4 nitrogen and oxygen atoms in total. The van der Waals surface area contributed by atoms with Gasteiger partial charge in [-0.05, 0) is 62.7 Å². The summed E-state index contributed by atoms with van der Waals surface area (Å²) in [6, 6.07) is 19.7. The molecule has 0 aliphatic rings. The van der Waals surface area contributed by atoms with Crippen molar-refractivity contribution in [2.75, 3.05) is 6.61 Å². The Kier molecular flexibility index (Phi) is 6.99. The van der Waals surface area contributed by atoms with Crippen LogP contribution in [0.5, 0.6) is 5.75 Å². The standard InChI is InChI=1S/C24H27ClN2O2/c1-18(2)27(24(28)17-29-23-11-9-21(25)10-12-23)16-22-8-5-13-26(22)15-20-7-4-6-19(3)14-20/h4-14,18H,15-17H2,1-3H3. The fourth-order valence-electron chi connectivity index (χ4n) is 3.25. The topological polar surface area (TPSA) is 34.5 Å². The molecule has 1 amide bonds. The van der Waals surface area contributed by atoms with Gasteiger partial charge in [0.25, 0.3) is 5.91 Å². The van der Waals surface area contributed by atoms with Gasteiger partial charge in [0.15, 0.2) is 6.61 Å². The van der Waals surface area contributed by atoms with Crippen molar-refractivity contribution < 1.29 is 9.53 Å². The Bertz CT molecular complexity index is 948. The van der Waals surface area contributed by atoms with Crippen LogP contribution in [-0.4, -0.2) is 28.0 Å². The second-order valence-corrected chi connectivity index (χ2v) is 7.91. The number of carbonyl (C=O) groups is 1. The molecular weight excluding hydrogens is 384 g/mol. The molecule has 0 N–H and O–H groups in total. The SMILES string of the molecule is Cc1cccc(Cn2cccc2CN(C(=O)COc2ccc(Cl)cc2)C(C)C)c1. The van der Waals surface area contributed by atoms with E-state index < -0.39 is 0 Å². The molecule has 0 saturated heterocycles. The Morgan fingerprint density at radius 1 is 1.10 bits per heavy atom. The van der Waals surface area contributed by atoms with E-state index in [-0.39, 0.29) is 18.6 Å². The molecule has 3 aromatic rings. The number of nitrogens with zero attached hydrogens (tertiary/aromatic N) is 2. The first-order valence-corrected chi connectivity index (χ1v) is 10.2. The Morgan fingerprint density at radius 3 is 2.55 bits per heavy atom. The number of aromatic nitrogens is 1. The van der Waals surface area contributed by atoms with Crippen LogP contribution >= 0.6 is 11.6 Å². The lowest BCUT2D eigenvalue weighted by atomic mass is 10.1. The molecule has 0 saturated carbocycles. The summed E-state index contributed by atoms with van der Waals surface area (Å²) < 4.78 is 7.85. The quantitative estimate of drug-likeness (QED) is 0.504. The van der Waals surface area contributed by atoms with Gasteiger partial charge in [0.05, 0.1) is 6.54 Å². The monoisotopic (exact) mass is 410 g/mol. The third-order valence-electron chi connectivity index (χ3n) is 4.81. The van der Waals surface area contributed by atoms with Crippen LogP contribution in [0.3, 0.4) is 0 Å². The molecule has 0 spiro atoms. The molecule has 0 radical (unpaired) electrons. The van der Waals surface area contributed by atoms with Gasteiger partial charge in [0, 0.05) is 29.5 Å². The van der Waals surface area contributed by atoms with E-state index in [1.807, 2.05) is 24.8 Å². The highest BCUT2D eigenvalue weighted by atomic mass is 35.5. The minimum absolute atomic E-state index is 0.00159. The van der Waals surface area contributed by atoms with Crippen molar-refractivity contribution in [2.24, 2.45) is 0 Å². The van der Waals surface area contributed by atoms with E-state index in [1.165, 1.54) is 11.1 Å². The summed E-state index contributed by atoms with van der Waals surface area (Å²) in [5, 5.41) is 0.641. The third-order valence-corrected chi connectivity index (χ3v) is 5.06. The average Bonchev–Trinajstić information content (AvgIpc) is 3.12. The van der Waals surface area contributed by atoms with Crippen molar-refractivity contribution in [1.82, 2.24) is 9.47 Å². The number of hydrogen-bond donors (Lipinski definition) is 0. The molecule has 0 aliphatic heterocycles. The van der Waals surface area contributed by atoms with Crippen LogP contribution < -0.4 is 4.74 Å². The van der Waals surface area contributed by atoms with E-state index in [0.717, 1.165) is 12.2 Å². The zero-order chi connectivity index (χ0) is 20.8. The molecule has 152 valence electrons. The van der Waals surface area contributed by atoms with Crippen LogP contribution in [0.15, 0.2) is 66.9 Å². The van der Waals surface area contributed by atoms with Crippen LogP contribution in [0.25, 0.3) is 0 Å². The van der Waals surface area contributed by atoms with Gasteiger partial charge in [-0.15, -0.1) is 0 Å². The van der Waals surface area contributed by atoms with E-state index in [2.05, 4.69) is 48.0 Å². The molecular formula is C24H27ClN2O2. The van der Waals surface area contributed by atoms with Crippen LogP contribution in [-0.2, 0) is 17.9 Å². The molecule has 3 rings (SSSR count). The summed E-state index contributed by atoms with van der Waals surface area (Å²) in [5.74, 6) is 0.590. The maximum Gasteiger partial charge on any atom is 0.261 e. The van der Waals surface area contributed by atoms with Crippen molar-refractivity contribution in [2.45, 2.75) is 39.9 Å². The predicted molar refractivity (Wildman–Crippen MR) is 117 cm³/mol. The molecule has 1 aromatic heterocycles. The summed E-state index contributed by atoms with van der Waals surface area (Å²) >= 11 is 5.89. The molecule has 0 aliphatic carbocycles. The summed E-state index contributed by atoms with van der Waals surface area (Å²) in [6.07, 6.45) is 2.06. The number of halogens is 1. The van der Waals surface area contributed by atoms with Crippen molar-refractivity contribution in [3.63, 3.8) is 0 Å². The zero-order valence-electron chi connectivity index (χ0n) is 17.1. The number of benzene rings is 2. The molecule has 1 heterocycles. The van der Waals surface area contributed by atoms with Gasteiger partial charge < -0.3 is 14.2 Å². The molecule has 0 atom stereocenters. The zero-order valence-corrected chi connectivity index (χ0v) is 17.9. The molecule has 29 heavy (non-hydrogen) atoms. The fourth-order valence-corrected chi connectivity index (χ4v) is 3.37. The molecule has 0 fully saturated rings. The highest BCUT2D eigenvalue weighted by molar-refractivity contribution is 6.30. The van der Waals surface area contributed by atoms with Gasteiger partial charge in [-0.2, -0.15) is 0 Å². The van der Waals surface area contributed by atoms with E-state index in [4.69, 9.17) is 16.3 Å². The van der Waals surface area contributed by atoms with Gasteiger partial charge in [-0.1, -0.05) is 41.4 Å². The smallest absolute Gasteiger partial charge is 0.261 e. The highest BCUT2D eigenvalue weighted by Crippen LogP contribution is 2.17. The maximum atomic E-state index is 12.8. The lowest BCUT2D eigenvalue weighted by Crippen LogP contribution is -2.40. The van der Waals surface area contributed by atoms with Gasteiger partial charge in [-0.3, -0.25) is 4.79 Å². The fraction of sp³-hybridized carbons (Fsp3) is 0.292. The number of hydrogen-bond acceptors (Lipinski definition) is 2. The van der Waals surface area contributed by atoms with Gasteiger partial charge in [0.1, 0.15) is 5.75 Å². The summed E-state index contributed by atoms with van der Waals surface area (Å²) in [6.45, 7) is 7.46. The van der Waals surface area contributed by atoms with Gasteiger partial charge in [0.2, 0.25) is 0 Å². The molecule has 2 aromatic carbocycles. The lowest BCUT2D eigenvalue weighted by Gasteiger charge is -2.27. The van der Waals surface area contributed by atoms with Crippen LogP contribution in [0.2, 0.25) is 5.02 Å². The Balaban J connectivity index is 1.66. The van der Waals surface area contributed by atoms with Gasteiger partial charge in [-0.25, -0.2) is 0 Å². The lowest BCUT2D eigenvalue weighted by molar-refractivity contribution is -0.135. The Morgan fingerprint density at radius 2 is 1.86 bits per heavy atom. The maximum absolute atomic E-state index is 12.8. The molecule has 5 heteroatoms. The first-order chi connectivity index (χ1) is 13.9. The minimum Gasteiger partial charge on any atom is -0.484 e. The Labute approximate surface area is 177 Å². The van der Waals surface area contributed by atoms with Crippen molar-refractivity contribution in [1.29, 1.82) is 0 Å². The minimum atomic E-state index is -0.0433. The van der Waals surface area contributed by atoms with E-state index in [1.54, 1.807) is 24.3 Å². The second kappa shape index (κ2) is 9.66. The summed E-state index contributed by atoms with van der Waals surface area (Å²) in [4.78, 5) is 14.7. The van der Waals surface area contributed by atoms with E-state index in [0.29, 0.717) is 17.3 Å². The Hall–Kier alpha value is -2.72. The first kappa shape index (κ1) is 21.0. The van der Waals surface area contributed by atoms with E-state index in [9.17, 15) is 4.79 Å². The summed E-state index contributed by atoms with van der Waals surface area (Å²) in [5.41, 5.74) is 3.59. The normalized spacial score (nSPS) is 10.9. The molecule has 0 bridgehead atoms. The van der Waals surface area contributed by atoms with Crippen LogP contribution in [0.4, 0.5) is 0 Å². The first-order valence-electron chi connectivity index (χ1n) is 9.80. The second-order valence-electron chi connectivity index (χ2n) is 7.47. The third kappa shape index (κ3) is 5.88. The number of aryl methyl sites for hydroxylation is 1. The van der Waals surface area contributed by atoms with Crippen LogP contribution in [0, 0.1) is 6.92 Å². The van der Waals surface area contributed by atoms with E-state index >= 15 is 0 Å². The highest BCUT2D eigenvalue weighted by Gasteiger charge is 2.19. The van der Waals surface area contributed by atoms with Crippen molar-refractivity contribution in [3.8, 4) is 5.75 Å². The number of ether oxygens (including phenoxy) is 1. The average molecular weight is 411 g/mol. The number of rotatable bonds is 8. The molecule has 0 unspecified atom stereocenters. The predicted octanol–water partition coefficient (Wildman–Crippen LogP) is 5.31. The van der Waals surface area contributed by atoms with Crippen molar-refractivity contribution in [3.05, 3.63) is 88.7 Å².